The Morgan fingerprint density at radius 3 is 2.76 bits per heavy atom. The maximum atomic E-state index is 12.0. The minimum atomic E-state index is -3.78. The molecule has 1 N–H and O–H groups in total. The Bertz CT molecular complexity index is 541. The van der Waals surface area contributed by atoms with E-state index in [0.29, 0.717) is 12.8 Å². The van der Waals surface area contributed by atoms with Gasteiger partial charge < -0.3 is 5.11 Å². The minimum Gasteiger partial charge on any atom is -0.396 e. The first-order valence-electron chi connectivity index (χ1n) is 5.22. The second kappa shape index (κ2) is 4.42. The fraction of sp³-hybridized carbons (Fsp3) is 0.400. The third-order valence-corrected chi connectivity index (χ3v) is 4.27. The van der Waals surface area contributed by atoms with E-state index < -0.39 is 15.9 Å². The van der Waals surface area contributed by atoms with E-state index in [1.807, 2.05) is 0 Å². The summed E-state index contributed by atoms with van der Waals surface area (Å²) in [7, 11) is -3.78. The van der Waals surface area contributed by atoms with Crippen LogP contribution < -0.4 is 0 Å². The quantitative estimate of drug-likeness (QED) is 0.766. The lowest BCUT2D eigenvalue weighted by atomic mass is 10.2. The first-order chi connectivity index (χ1) is 8.09. The smallest absolute Gasteiger partial charge is 0.285 e. The largest absolute Gasteiger partial charge is 0.396 e. The van der Waals surface area contributed by atoms with Gasteiger partial charge in [0.1, 0.15) is 0 Å². The Balaban J connectivity index is 2.31. The number of carbonyl (C=O) groups is 1. The molecule has 0 fully saturated rings. The van der Waals surface area contributed by atoms with Gasteiger partial charge in [-0.05, 0) is 25.0 Å². The number of amides is 1. The lowest BCUT2D eigenvalue weighted by Crippen LogP contribution is -2.31. The first kappa shape index (κ1) is 12.0. The van der Waals surface area contributed by atoms with Crippen molar-refractivity contribution < 1.29 is 18.3 Å². The molecule has 0 bridgehead atoms. The van der Waals surface area contributed by atoms with Gasteiger partial charge in [-0.25, -0.2) is 9.29 Å². The average molecular weight is 256 g/mol. The van der Waals surface area contributed by atoms with Crippen LogP contribution in [0.5, 0.6) is 0 Å². The van der Waals surface area contributed by atoms with E-state index in [1.165, 1.54) is 18.3 Å². The molecule has 2 rings (SSSR count). The van der Waals surface area contributed by atoms with Crippen molar-refractivity contribution in [3.05, 3.63) is 23.9 Å². The van der Waals surface area contributed by atoms with Crippen molar-refractivity contribution in [1.82, 2.24) is 9.29 Å². The topological polar surface area (TPSA) is 87.6 Å². The number of rotatable bonds is 4. The number of hydrogen-bond acceptors (Lipinski definition) is 5. The van der Waals surface area contributed by atoms with Crippen molar-refractivity contribution in [2.24, 2.45) is 0 Å². The fourth-order valence-corrected chi connectivity index (χ4v) is 3.22. The van der Waals surface area contributed by atoms with Crippen LogP contribution in [0.2, 0.25) is 0 Å². The number of aliphatic hydroxyl groups is 1. The highest BCUT2D eigenvalue weighted by Gasteiger charge is 2.41. The first-order valence-corrected chi connectivity index (χ1v) is 6.66. The molecular weight excluding hydrogens is 244 g/mol. The summed E-state index contributed by atoms with van der Waals surface area (Å²) >= 11 is 0. The van der Waals surface area contributed by atoms with Crippen LogP contribution in [0, 0.1) is 0 Å². The zero-order valence-corrected chi connectivity index (χ0v) is 9.85. The summed E-state index contributed by atoms with van der Waals surface area (Å²) in [6, 6.07) is 2.98. The SMILES string of the molecule is O=C1c2cccnc2S(=O)(=O)N1CCCCO. The molecule has 0 saturated heterocycles. The molecule has 0 aliphatic carbocycles. The van der Waals surface area contributed by atoms with E-state index in [1.54, 1.807) is 0 Å². The summed E-state index contributed by atoms with van der Waals surface area (Å²) in [6.07, 6.45) is 2.25. The highest BCUT2D eigenvalue weighted by molar-refractivity contribution is 7.90. The number of unbranched alkanes of at least 4 members (excludes halogenated alkanes) is 1. The lowest BCUT2D eigenvalue weighted by molar-refractivity contribution is 0.0867. The van der Waals surface area contributed by atoms with E-state index in [-0.39, 0.29) is 23.7 Å². The molecule has 0 aromatic carbocycles. The molecule has 0 radical (unpaired) electrons. The van der Waals surface area contributed by atoms with Gasteiger partial charge in [0, 0.05) is 19.3 Å². The standard InChI is InChI=1S/C10H12N2O4S/c13-7-2-1-6-12-10(14)8-4-3-5-11-9(8)17(12,15)16/h3-5,13H,1-2,6-7H2. The summed E-state index contributed by atoms with van der Waals surface area (Å²) in [5, 5.41) is 8.47. The maximum absolute atomic E-state index is 12.0. The Morgan fingerprint density at radius 1 is 1.35 bits per heavy atom. The zero-order chi connectivity index (χ0) is 12.5. The monoisotopic (exact) mass is 256 g/mol. The molecule has 6 nitrogen and oxygen atoms in total. The van der Waals surface area contributed by atoms with Crippen LogP contribution in [0.3, 0.4) is 0 Å². The molecule has 7 heteroatoms. The Morgan fingerprint density at radius 2 is 2.12 bits per heavy atom. The molecule has 1 aromatic rings. The molecule has 0 unspecified atom stereocenters. The Labute approximate surface area is 98.9 Å². The van der Waals surface area contributed by atoms with Gasteiger partial charge in [-0.3, -0.25) is 4.79 Å². The number of carbonyl (C=O) groups excluding carboxylic acids is 1. The summed E-state index contributed by atoms with van der Waals surface area (Å²) in [5.41, 5.74) is 0.122. The molecule has 1 amide bonds. The molecule has 1 aromatic heterocycles. The Kier molecular flexibility index (Phi) is 3.12. The van der Waals surface area contributed by atoms with Crippen molar-refractivity contribution in [2.45, 2.75) is 17.9 Å². The average Bonchev–Trinajstić information content (AvgIpc) is 2.51. The summed E-state index contributed by atoms with van der Waals surface area (Å²) in [4.78, 5) is 15.6. The van der Waals surface area contributed by atoms with E-state index in [4.69, 9.17) is 5.11 Å². The molecule has 0 saturated carbocycles. The van der Waals surface area contributed by atoms with Crippen LogP contribution in [0.15, 0.2) is 23.4 Å². The molecule has 92 valence electrons. The van der Waals surface area contributed by atoms with Crippen molar-refractivity contribution >= 4 is 15.9 Å². The zero-order valence-electron chi connectivity index (χ0n) is 9.04. The van der Waals surface area contributed by atoms with E-state index in [2.05, 4.69) is 4.98 Å². The third-order valence-electron chi connectivity index (χ3n) is 2.53. The predicted molar refractivity (Wildman–Crippen MR) is 58.8 cm³/mol. The number of nitrogens with zero attached hydrogens (tertiary/aromatic N) is 2. The number of pyridine rings is 1. The van der Waals surface area contributed by atoms with Crippen molar-refractivity contribution in [1.29, 1.82) is 0 Å². The van der Waals surface area contributed by atoms with Crippen LogP contribution >= 0.6 is 0 Å². The van der Waals surface area contributed by atoms with Gasteiger partial charge in [-0.15, -0.1) is 0 Å². The van der Waals surface area contributed by atoms with E-state index in [9.17, 15) is 13.2 Å². The predicted octanol–water partition coefficient (Wildman–Crippen LogP) is -0.00140. The van der Waals surface area contributed by atoms with E-state index >= 15 is 0 Å². The highest BCUT2D eigenvalue weighted by Crippen LogP contribution is 2.27. The number of aromatic nitrogens is 1. The number of aliphatic hydroxyl groups excluding tert-OH is 1. The number of sulfonamides is 1. The van der Waals surface area contributed by atoms with Crippen molar-refractivity contribution in [2.75, 3.05) is 13.2 Å². The van der Waals surface area contributed by atoms with Gasteiger partial charge in [0.05, 0.1) is 5.56 Å². The van der Waals surface area contributed by atoms with Crippen molar-refractivity contribution in [3.63, 3.8) is 0 Å². The summed E-state index contributed by atoms with van der Waals surface area (Å²) in [6.45, 7) is 0.0609. The molecule has 17 heavy (non-hydrogen) atoms. The van der Waals surface area contributed by atoms with Gasteiger partial charge in [-0.1, -0.05) is 0 Å². The van der Waals surface area contributed by atoms with Gasteiger partial charge >= 0.3 is 0 Å². The summed E-state index contributed by atoms with van der Waals surface area (Å²) in [5.74, 6) is -0.536. The maximum Gasteiger partial charge on any atom is 0.285 e. The number of hydrogen-bond donors (Lipinski definition) is 1. The second-order valence-electron chi connectivity index (χ2n) is 3.67. The van der Waals surface area contributed by atoms with Crippen LogP contribution in [-0.2, 0) is 10.0 Å². The van der Waals surface area contributed by atoms with Gasteiger partial charge in [0.15, 0.2) is 5.03 Å². The molecule has 0 atom stereocenters. The normalized spacial score (nSPS) is 17.2. The third kappa shape index (κ3) is 1.91. The van der Waals surface area contributed by atoms with Crippen LogP contribution in [0.1, 0.15) is 23.2 Å². The van der Waals surface area contributed by atoms with Gasteiger partial charge in [-0.2, -0.15) is 8.42 Å². The number of fused-ring (bicyclic) bond motifs is 1. The fourth-order valence-electron chi connectivity index (χ4n) is 1.70. The molecule has 2 heterocycles. The van der Waals surface area contributed by atoms with Crippen LogP contribution in [-0.4, -0.2) is 41.9 Å². The van der Waals surface area contributed by atoms with Crippen LogP contribution in [0.4, 0.5) is 0 Å². The highest BCUT2D eigenvalue weighted by atomic mass is 32.2. The van der Waals surface area contributed by atoms with Crippen LogP contribution in [0.25, 0.3) is 0 Å². The minimum absolute atomic E-state index is 0.0206. The van der Waals surface area contributed by atoms with Crippen molar-refractivity contribution in [3.8, 4) is 0 Å². The molecular formula is C10H12N2O4S. The van der Waals surface area contributed by atoms with Gasteiger partial charge in [0.25, 0.3) is 15.9 Å². The Hall–Kier alpha value is -1.47. The molecule has 1 aliphatic heterocycles. The molecule has 0 spiro atoms. The summed E-state index contributed by atoms with van der Waals surface area (Å²) < 4.78 is 24.8. The van der Waals surface area contributed by atoms with E-state index in [0.717, 1.165) is 4.31 Å². The second-order valence-corrected chi connectivity index (χ2v) is 5.45. The molecule has 1 aliphatic rings. The lowest BCUT2D eigenvalue weighted by Gasteiger charge is -2.13. The van der Waals surface area contributed by atoms with Gasteiger partial charge in [0.2, 0.25) is 0 Å².